The van der Waals surface area contributed by atoms with Crippen molar-refractivity contribution in [1.29, 1.82) is 0 Å². The third kappa shape index (κ3) is 12.2. The van der Waals surface area contributed by atoms with Crippen LogP contribution in [0, 0.1) is 6.92 Å². The fourth-order valence-corrected chi connectivity index (χ4v) is 5.21. The van der Waals surface area contributed by atoms with Crippen LogP contribution in [0.5, 0.6) is 0 Å². The largest absolute Gasteiger partial charge is 0.457 e. The molecule has 1 heterocycles. The molecule has 39 heavy (non-hydrogen) atoms. The number of carbonyl (C=O) groups is 3. The van der Waals surface area contributed by atoms with E-state index in [2.05, 4.69) is 17.6 Å². The van der Waals surface area contributed by atoms with E-state index in [4.69, 9.17) is 9.47 Å². The maximum absolute atomic E-state index is 13.0. The van der Waals surface area contributed by atoms with E-state index in [1.54, 1.807) is 27.7 Å². The van der Waals surface area contributed by atoms with E-state index in [1.165, 1.54) is 51.4 Å². The summed E-state index contributed by atoms with van der Waals surface area (Å²) in [5.74, 6) is -1.15. The first-order valence-corrected chi connectivity index (χ1v) is 15.1. The molecule has 8 heteroatoms. The first-order chi connectivity index (χ1) is 18.6. The maximum atomic E-state index is 13.0. The van der Waals surface area contributed by atoms with Crippen LogP contribution in [0.1, 0.15) is 123 Å². The minimum atomic E-state index is -0.728. The summed E-state index contributed by atoms with van der Waals surface area (Å²) in [5, 5.41) is 5.90. The quantitative estimate of drug-likeness (QED) is 0.159. The van der Waals surface area contributed by atoms with Crippen LogP contribution in [0.25, 0.3) is 0 Å². The molecule has 7 nitrogen and oxygen atoms in total. The molecule has 2 amide bonds. The highest BCUT2D eigenvalue weighted by Gasteiger charge is 2.29. The Morgan fingerprint density at radius 3 is 2.03 bits per heavy atom. The second kappa shape index (κ2) is 17.0. The molecule has 2 N–H and O–H groups in total. The Morgan fingerprint density at radius 2 is 1.44 bits per heavy atom. The molecule has 1 aromatic heterocycles. The van der Waals surface area contributed by atoms with Gasteiger partial charge in [0, 0.05) is 6.54 Å². The zero-order valence-corrected chi connectivity index (χ0v) is 25.1. The molecule has 0 bridgehead atoms. The summed E-state index contributed by atoms with van der Waals surface area (Å²) >= 11 is 1.02. The van der Waals surface area contributed by atoms with Gasteiger partial charge in [0.1, 0.15) is 22.1 Å². The Bertz CT molecular complexity index is 1040. The highest BCUT2D eigenvalue weighted by molar-refractivity contribution is 7.18. The van der Waals surface area contributed by atoms with E-state index in [9.17, 15) is 14.4 Å². The number of benzene rings is 1. The number of unbranched alkanes of at least 4 members (excludes halogenated alkanes) is 9. The average molecular weight is 559 g/mol. The van der Waals surface area contributed by atoms with Crippen molar-refractivity contribution in [3.8, 4) is 0 Å². The number of hydrogen-bond donors (Lipinski definition) is 2. The van der Waals surface area contributed by atoms with Crippen LogP contribution in [-0.2, 0) is 16.1 Å². The fraction of sp³-hybridized carbons (Fsp3) is 0.581. The number of urea groups is 1. The van der Waals surface area contributed by atoms with Gasteiger partial charge in [0.15, 0.2) is 0 Å². The lowest BCUT2D eigenvalue weighted by Crippen LogP contribution is -2.30. The van der Waals surface area contributed by atoms with E-state index in [1.807, 2.05) is 30.3 Å². The van der Waals surface area contributed by atoms with Crippen molar-refractivity contribution in [3.63, 3.8) is 0 Å². The van der Waals surface area contributed by atoms with E-state index in [0.717, 1.165) is 29.7 Å². The van der Waals surface area contributed by atoms with Crippen molar-refractivity contribution in [2.24, 2.45) is 0 Å². The molecule has 0 aliphatic carbocycles. The molecule has 0 aliphatic heterocycles. The molecule has 2 aromatic rings. The number of ether oxygens (including phenoxy) is 2. The Labute approximate surface area is 238 Å². The number of amides is 2. The molecule has 0 aliphatic rings. The average Bonchev–Trinajstić information content (AvgIpc) is 3.21. The van der Waals surface area contributed by atoms with Crippen molar-refractivity contribution in [2.45, 2.75) is 111 Å². The van der Waals surface area contributed by atoms with Crippen LogP contribution in [0.2, 0.25) is 0 Å². The Hall–Kier alpha value is -2.87. The summed E-state index contributed by atoms with van der Waals surface area (Å²) < 4.78 is 11.0. The van der Waals surface area contributed by atoms with Crippen molar-refractivity contribution in [1.82, 2.24) is 5.32 Å². The van der Waals surface area contributed by atoms with Crippen molar-refractivity contribution in [2.75, 3.05) is 11.9 Å². The second-order valence-electron chi connectivity index (χ2n) is 10.9. The number of rotatable bonds is 16. The summed E-state index contributed by atoms with van der Waals surface area (Å²) in [6.45, 7) is 9.87. The third-order valence-electron chi connectivity index (χ3n) is 6.19. The van der Waals surface area contributed by atoms with Gasteiger partial charge in [-0.3, -0.25) is 5.32 Å². The van der Waals surface area contributed by atoms with Crippen LogP contribution in [0.3, 0.4) is 0 Å². The maximum Gasteiger partial charge on any atom is 0.349 e. The summed E-state index contributed by atoms with van der Waals surface area (Å²) in [6.07, 6.45) is 12.2. The minimum absolute atomic E-state index is 0.112. The topological polar surface area (TPSA) is 93.7 Å². The summed E-state index contributed by atoms with van der Waals surface area (Å²) in [7, 11) is 0. The molecule has 0 unspecified atom stereocenters. The van der Waals surface area contributed by atoms with Gasteiger partial charge in [-0.2, -0.15) is 0 Å². The van der Waals surface area contributed by atoms with Gasteiger partial charge in [-0.15, -0.1) is 11.3 Å². The lowest BCUT2D eigenvalue weighted by molar-refractivity contribution is 0.00705. The SMILES string of the molecule is CCCCCCCCCCCCNC(=O)Nc1sc(C(=O)OCc2ccccc2)c(C)c1C(=O)OC(C)(C)C. The molecule has 216 valence electrons. The van der Waals surface area contributed by atoms with E-state index in [-0.39, 0.29) is 22.0 Å². The lowest BCUT2D eigenvalue weighted by Gasteiger charge is -2.20. The van der Waals surface area contributed by atoms with Gasteiger partial charge >= 0.3 is 18.0 Å². The first kappa shape index (κ1) is 32.3. The third-order valence-corrected chi connectivity index (χ3v) is 7.38. The lowest BCUT2D eigenvalue weighted by atomic mass is 10.1. The summed E-state index contributed by atoms with van der Waals surface area (Å²) in [4.78, 5) is 38.8. The zero-order chi connectivity index (χ0) is 28.7. The minimum Gasteiger partial charge on any atom is -0.457 e. The monoisotopic (exact) mass is 558 g/mol. The number of carbonyl (C=O) groups excluding carboxylic acids is 3. The number of esters is 2. The van der Waals surface area contributed by atoms with E-state index in [0.29, 0.717) is 12.1 Å². The number of hydrogen-bond acceptors (Lipinski definition) is 6. The van der Waals surface area contributed by atoms with Crippen LogP contribution >= 0.6 is 11.3 Å². The van der Waals surface area contributed by atoms with Crippen LogP contribution < -0.4 is 10.6 Å². The van der Waals surface area contributed by atoms with Crippen LogP contribution in [0.4, 0.5) is 9.80 Å². The number of nitrogens with one attached hydrogen (secondary N) is 2. The predicted octanol–water partition coefficient (Wildman–Crippen LogP) is 8.41. The van der Waals surface area contributed by atoms with Gasteiger partial charge in [-0.1, -0.05) is 95.0 Å². The molecule has 0 spiro atoms. The van der Waals surface area contributed by atoms with Gasteiger partial charge in [0.2, 0.25) is 0 Å². The molecule has 0 radical (unpaired) electrons. The summed E-state index contributed by atoms with van der Waals surface area (Å²) in [5.41, 5.74) is 0.735. The van der Waals surface area contributed by atoms with Gasteiger partial charge in [-0.25, -0.2) is 14.4 Å². The van der Waals surface area contributed by atoms with Crippen molar-refractivity contribution in [3.05, 3.63) is 51.9 Å². The molecule has 0 saturated heterocycles. The molecule has 0 saturated carbocycles. The van der Waals surface area contributed by atoms with E-state index < -0.39 is 23.6 Å². The number of anilines is 1. The fourth-order valence-electron chi connectivity index (χ4n) is 4.12. The molecule has 0 atom stereocenters. The van der Waals surface area contributed by atoms with Crippen LogP contribution in [-0.4, -0.2) is 30.1 Å². The van der Waals surface area contributed by atoms with Crippen molar-refractivity contribution >= 4 is 34.3 Å². The normalized spacial score (nSPS) is 11.2. The van der Waals surface area contributed by atoms with Gasteiger partial charge in [0.05, 0.1) is 5.56 Å². The smallest absolute Gasteiger partial charge is 0.349 e. The highest BCUT2D eigenvalue weighted by atomic mass is 32.1. The molecule has 2 rings (SSSR count). The molecule has 0 fully saturated rings. The van der Waals surface area contributed by atoms with Gasteiger partial charge < -0.3 is 14.8 Å². The van der Waals surface area contributed by atoms with E-state index >= 15 is 0 Å². The van der Waals surface area contributed by atoms with Gasteiger partial charge in [0.25, 0.3) is 0 Å². The molecule has 1 aromatic carbocycles. The van der Waals surface area contributed by atoms with Crippen molar-refractivity contribution < 1.29 is 23.9 Å². The predicted molar refractivity (Wildman–Crippen MR) is 159 cm³/mol. The Kier molecular flexibility index (Phi) is 14.1. The van der Waals surface area contributed by atoms with Crippen LogP contribution in [0.15, 0.2) is 30.3 Å². The standard InChI is InChI=1S/C31H46N2O5S/c1-6-7-8-9-10-11-12-13-14-18-21-32-30(36)33-27-25(28(34)38-31(3,4)5)23(2)26(39-27)29(35)37-22-24-19-16-15-17-20-24/h15-17,19-20H,6-14,18,21-22H2,1-5H3,(H2,32,33,36). The molecular weight excluding hydrogens is 512 g/mol. The Morgan fingerprint density at radius 1 is 0.846 bits per heavy atom. The zero-order valence-electron chi connectivity index (χ0n) is 24.3. The first-order valence-electron chi connectivity index (χ1n) is 14.2. The second-order valence-corrected chi connectivity index (χ2v) is 11.9. The summed E-state index contributed by atoms with van der Waals surface area (Å²) in [6, 6.07) is 8.95. The van der Waals surface area contributed by atoms with Gasteiger partial charge in [-0.05, 0) is 45.2 Å². The highest BCUT2D eigenvalue weighted by Crippen LogP contribution is 2.35. The Balaban J connectivity index is 1.92. The number of thiophene rings is 1. The molecular formula is C31H46N2O5S.